The van der Waals surface area contributed by atoms with Gasteiger partial charge in [0.25, 0.3) is 0 Å². The van der Waals surface area contributed by atoms with E-state index in [2.05, 4.69) is 5.92 Å². The van der Waals surface area contributed by atoms with Crippen molar-refractivity contribution >= 4 is 12.0 Å². The fourth-order valence-corrected chi connectivity index (χ4v) is 2.71. The lowest BCUT2D eigenvalue weighted by molar-refractivity contribution is -0.142. The molecule has 1 N–H and O–H groups in total. The summed E-state index contributed by atoms with van der Waals surface area (Å²) in [6, 6.07) is -0.909. The minimum absolute atomic E-state index is 0.204. The van der Waals surface area contributed by atoms with Crippen molar-refractivity contribution in [3.8, 4) is 12.3 Å². The highest BCUT2D eigenvalue weighted by Crippen LogP contribution is 2.30. The number of nitrogens with zero attached hydrogens (tertiary/aromatic N) is 2. The molecule has 1 saturated heterocycles. The third kappa shape index (κ3) is 3.66. The van der Waals surface area contributed by atoms with E-state index >= 15 is 0 Å². The summed E-state index contributed by atoms with van der Waals surface area (Å²) in [5, 5.41) is 9.34. The Kier molecular flexibility index (Phi) is 4.89. The van der Waals surface area contributed by atoms with Crippen molar-refractivity contribution in [1.29, 1.82) is 0 Å². The predicted molar refractivity (Wildman–Crippen MR) is 75.1 cm³/mol. The molecule has 2 aliphatic rings. The van der Waals surface area contributed by atoms with Crippen molar-refractivity contribution < 1.29 is 14.7 Å². The van der Waals surface area contributed by atoms with Crippen molar-refractivity contribution in [2.75, 3.05) is 19.6 Å². The van der Waals surface area contributed by atoms with Crippen molar-refractivity contribution in [3.05, 3.63) is 0 Å². The number of carboxylic acids is 1. The van der Waals surface area contributed by atoms with E-state index < -0.39 is 12.0 Å². The molecular weight excluding hydrogens is 256 g/mol. The van der Waals surface area contributed by atoms with Gasteiger partial charge in [0.1, 0.15) is 6.04 Å². The molecule has 0 spiro atoms. The first-order valence-corrected chi connectivity index (χ1v) is 7.35. The van der Waals surface area contributed by atoms with Crippen LogP contribution < -0.4 is 0 Å². The van der Waals surface area contributed by atoms with Gasteiger partial charge in [-0.05, 0) is 31.6 Å². The molecule has 1 atom stereocenters. The van der Waals surface area contributed by atoms with E-state index in [-0.39, 0.29) is 12.6 Å². The van der Waals surface area contributed by atoms with Gasteiger partial charge in [-0.1, -0.05) is 18.8 Å². The van der Waals surface area contributed by atoms with Crippen LogP contribution in [0.25, 0.3) is 0 Å². The molecule has 0 bridgehead atoms. The Morgan fingerprint density at radius 1 is 1.25 bits per heavy atom. The first-order valence-electron chi connectivity index (χ1n) is 7.35. The number of terminal acetylenes is 1. The van der Waals surface area contributed by atoms with E-state index in [1.807, 2.05) is 0 Å². The normalized spacial score (nSPS) is 22.8. The number of hydrogen-bond acceptors (Lipinski definition) is 2. The van der Waals surface area contributed by atoms with Gasteiger partial charge in [0.05, 0.1) is 6.54 Å². The quantitative estimate of drug-likeness (QED) is 0.797. The van der Waals surface area contributed by atoms with Gasteiger partial charge in [0, 0.05) is 13.1 Å². The van der Waals surface area contributed by atoms with Gasteiger partial charge in [-0.3, -0.25) is 0 Å². The number of amides is 2. The van der Waals surface area contributed by atoms with Gasteiger partial charge in [-0.25, -0.2) is 9.59 Å². The average Bonchev–Trinajstić information content (AvgIpc) is 3.23. The van der Waals surface area contributed by atoms with Crippen molar-refractivity contribution in [2.24, 2.45) is 5.92 Å². The maximum Gasteiger partial charge on any atom is 0.326 e. The van der Waals surface area contributed by atoms with Crippen molar-refractivity contribution in [2.45, 2.75) is 44.6 Å². The van der Waals surface area contributed by atoms with Crippen LogP contribution in [-0.4, -0.2) is 52.6 Å². The zero-order valence-electron chi connectivity index (χ0n) is 11.8. The molecule has 110 valence electrons. The molecule has 0 aromatic rings. The minimum Gasteiger partial charge on any atom is -0.480 e. The third-order valence-corrected chi connectivity index (χ3v) is 4.01. The smallest absolute Gasteiger partial charge is 0.326 e. The Labute approximate surface area is 119 Å². The maximum absolute atomic E-state index is 12.6. The van der Waals surface area contributed by atoms with Crippen LogP contribution in [0.3, 0.4) is 0 Å². The van der Waals surface area contributed by atoms with Gasteiger partial charge >= 0.3 is 12.0 Å². The number of likely N-dealkylation sites (tertiary alicyclic amines) is 1. The minimum atomic E-state index is -0.910. The topological polar surface area (TPSA) is 60.9 Å². The monoisotopic (exact) mass is 278 g/mol. The van der Waals surface area contributed by atoms with Gasteiger partial charge in [-0.15, -0.1) is 6.42 Å². The average molecular weight is 278 g/mol. The van der Waals surface area contributed by atoms with E-state index in [1.165, 1.54) is 4.90 Å². The van der Waals surface area contributed by atoms with Crippen LogP contribution >= 0.6 is 0 Å². The van der Waals surface area contributed by atoms with Crippen LogP contribution in [0.2, 0.25) is 0 Å². The Hall–Kier alpha value is -1.70. The van der Waals surface area contributed by atoms with Gasteiger partial charge < -0.3 is 14.9 Å². The second kappa shape index (κ2) is 6.65. The highest BCUT2D eigenvalue weighted by atomic mass is 16.4. The molecule has 2 amide bonds. The van der Waals surface area contributed by atoms with Crippen LogP contribution in [0.5, 0.6) is 0 Å². The summed E-state index contributed by atoms with van der Waals surface area (Å²) < 4.78 is 0. The van der Waals surface area contributed by atoms with Crippen LogP contribution in [0.4, 0.5) is 4.79 Å². The maximum atomic E-state index is 12.6. The summed E-state index contributed by atoms with van der Waals surface area (Å²) in [7, 11) is 0. The molecule has 2 fully saturated rings. The van der Waals surface area contributed by atoms with Crippen LogP contribution in [0.1, 0.15) is 38.5 Å². The highest BCUT2D eigenvalue weighted by molar-refractivity contribution is 5.83. The second-order valence-corrected chi connectivity index (χ2v) is 5.71. The summed E-state index contributed by atoms with van der Waals surface area (Å²) in [5.41, 5.74) is 0. The molecular formula is C15H22N2O3. The summed E-state index contributed by atoms with van der Waals surface area (Å²) >= 11 is 0. The molecule has 0 aromatic carbocycles. The number of carboxylic acid groups (broad SMARTS) is 1. The fourth-order valence-electron chi connectivity index (χ4n) is 2.71. The number of urea groups is 1. The number of aliphatic carboxylic acids is 1. The van der Waals surface area contributed by atoms with Crippen LogP contribution in [0.15, 0.2) is 0 Å². The zero-order valence-corrected chi connectivity index (χ0v) is 11.8. The summed E-state index contributed by atoms with van der Waals surface area (Å²) in [4.78, 5) is 27.1. The fraction of sp³-hybridized carbons (Fsp3) is 0.733. The molecule has 5 nitrogen and oxygen atoms in total. The van der Waals surface area contributed by atoms with Crippen LogP contribution in [-0.2, 0) is 4.79 Å². The molecule has 1 saturated carbocycles. The number of rotatable bonds is 4. The van der Waals surface area contributed by atoms with Crippen molar-refractivity contribution in [3.63, 3.8) is 0 Å². The summed E-state index contributed by atoms with van der Waals surface area (Å²) in [6.07, 6.45) is 10.8. The first kappa shape index (κ1) is 14.7. The van der Waals surface area contributed by atoms with E-state index in [0.29, 0.717) is 25.4 Å². The largest absolute Gasteiger partial charge is 0.480 e. The Bertz CT molecular complexity index is 412. The van der Waals surface area contributed by atoms with Crippen LogP contribution in [0, 0.1) is 18.3 Å². The molecule has 2 rings (SSSR count). The third-order valence-electron chi connectivity index (χ3n) is 4.01. The molecule has 1 unspecified atom stereocenters. The number of carbonyl (C=O) groups excluding carboxylic acids is 1. The zero-order chi connectivity index (χ0) is 14.5. The Morgan fingerprint density at radius 3 is 2.60 bits per heavy atom. The van der Waals surface area contributed by atoms with E-state index in [9.17, 15) is 14.7 Å². The summed E-state index contributed by atoms with van der Waals surface area (Å²) in [6.45, 7) is 1.44. The lowest BCUT2D eigenvalue weighted by Gasteiger charge is -2.32. The highest BCUT2D eigenvalue weighted by Gasteiger charge is 2.35. The summed E-state index contributed by atoms with van der Waals surface area (Å²) in [5.74, 6) is 2.15. The predicted octanol–water partition coefficient (Wildman–Crippen LogP) is 1.78. The SMILES string of the molecule is C#CCN(CC1CC1)C(=O)N1CCCCCC1C(=O)O. The van der Waals surface area contributed by atoms with Gasteiger partial charge in [0.15, 0.2) is 0 Å². The van der Waals surface area contributed by atoms with E-state index in [1.54, 1.807) is 4.90 Å². The molecule has 1 aliphatic heterocycles. The molecule has 5 heteroatoms. The lowest BCUT2D eigenvalue weighted by atomic mass is 10.1. The van der Waals surface area contributed by atoms with E-state index in [4.69, 9.17) is 6.42 Å². The molecule has 1 heterocycles. The number of hydrogen-bond donors (Lipinski definition) is 1. The van der Waals surface area contributed by atoms with E-state index in [0.717, 1.165) is 32.1 Å². The standard InChI is InChI=1S/C15H22N2O3/c1-2-9-16(11-12-7-8-12)15(20)17-10-5-3-4-6-13(17)14(18)19/h1,12-13H,3-11H2,(H,18,19). The van der Waals surface area contributed by atoms with Gasteiger partial charge in [-0.2, -0.15) is 0 Å². The molecule has 20 heavy (non-hydrogen) atoms. The Morgan fingerprint density at radius 2 is 2.00 bits per heavy atom. The lowest BCUT2D eigenvalue weighted by Crippen LogP contribution is -2.51. The number of carbonyl (C=O) groups is 2. The Balaban J connectivity index is 2.08. The van der Waals surface area contributed by atoms with Gasteiger partial charge in [0.2, 0.25) is 0 Å². The second-order valence-electron chi connectivity index (χ2n) is 5.71. The first-order chi connectivity index (χ1) is 9.63. The molecule has 0 aromatic heterocycles. The molecule has 1 aliphatic carbocycles. The van der Waals surface area contributed by atoms with Crippen molar-refractivity contribution in [1.82, 2.24) is 9.80 Å². The molecule has 0 radical (unpaired) electrons.